The van der Waals surface area contributed by atoms with Crippen LogP contribution < -0.4 is 4.90 Å². The largest absolute Gasteiger partial charge is 0.351 e. The number of Topliss-reactive ketones (excluding diaryl/α,β-unsaturated/α-hetero) is 1. The van der Waals surface area contributed by atoms with E-state index in [2.05, 4.69) is 31.8 Å². The van der Waals surface area contributed by atoms with E-state index in [1.165, 1.54) is 6.07 Å². The molecule has 218 valence electrons. The van der Waals surface area contributed by atoms with Gasteiger partial charge in [0.25, 0.3) is 0 Å². The molecular formula is C37H37FN4O. The van der Waals surface area contributed by atoms with Gasteiger partial charge in [-0.3, -0.25) is 9.78 Å². The second-order valence-electron chi connectivity index (χ2n) is 13.3. The van der Waals surface area contributed by atoms with E-state index in [0.717, 1.165) is 53.0 Å². The lowest BCUT2D eigenvalue weighted by Gasteiger charge is -2.53. The Morgan fingerprint density at radius 1 is 0.953 bits per heavy atom. The zero-order valence-electron chi connectivity index (χ0n) is 25.3. The molecule has 0 saturated heterocycles. The molecule has 2 saturated carbocycles. The number of hydrogen-bond donors (Lipinski definition) is 0. The zero-order valence-corrected chi connectivity index (χ0v) is 25.3. The van der Waals surface area contributed by atoms with Gasteiger partial charge in [0.1, 0.15) is 5.82 Å². The number of para-hydroxylation sites is 1. The van der Waals surface area contributed by atoms with Crippen LogP contribution in [0.15, 0.2) is 84.7 Å². The minimum absolute atomic E-state index is 0.0786. The molecule has 3 aliphatic carbocycles. The number of rotatable bonds is 5. The Hall–Kier alpha value is -4.19. The highest BCUT2D eigenvalue weighted by molar-refractivity contribution is 6.01. The molecule has 43 heavy (non-hydrogen) atoms. The summed E-state index contributed by atoms with van der Waals surface area (Å²) in [6.07, 6.45) is 8.20. The molecule has 2 aromatic heterocycles. The predicted octanol–water partition coefficient (Wildman–Crippen LogP) is 8.06. The number of halogens is 1. The van der Waals surface area contributed by atoms with E-state index >= 15 is 4.39 Å². The van der Waals surface area contributed by atoms with Crippen molar-refractivity contribution < 1.29 is 9.18 Å². The molecule has 2 fully saturated rings. The van der Waals surface area contributed by atoms with Crippen LogP contribution in [0.5, 0.6) is 0 Å². The minimum atomic E-state index is -0.590. The second kappa shape index (κ2) is 10.2. The van der Waals surface area contributed by atoms with Crippen molar-refractivity contribution in [1.29, 1.82) is 0 Å². The molecular weight excluding hydrogens is 535 g/mol. The third kappa shape index (κ3) is 4.68. The number of ketones is 1. The van der Waals surface area contributed by atoms with E-state index in [1.807, 2.05) is 72.9 Å². The van der Waals surface area contributed by atoms with E-state index in [4.69, 9.17) is 9.97 Å². The first-order valence-corrected chi connectivity index (χ1v) is 15.3. The summed E-state index contributed by atoms with van der Waals surface area (Å²) in [6, 6.07) is 21.0. The highest BCUT2D eigenvalue weighted by atomic mass is 19.1. The van der Waals surface area contributed by atoms with Crippen molar-refractivity contribution in [3.63, 3.8) is 0 Å². The minimum Gasteiger partial charge on any atom is -0.351 e. The van der Waals surface area contributed by atoms with Crippen LogP contribution in [0.4, 0.5) is 10.1 Å². The lowest BCUT2D eigenvalue weighted by atomic mass is 9.50. The van der Waals surface area contributed by atoms with Crippen molar-refractivity contribution in [1.82, 2.24) is 15.0 Å². The summed E-state index contributed by atoms with van der Waals surface area (Å²) >= 11 is 0. The molecule has 5 nitrogen and oxygen atoms in total. The van der Waals surface area contributed by atoms with Crippen LogP contribution in [0.25, 0.3) is 22.6 Å². The molecule has 6 heteroatoms. The number of carbonyl (C=O) groups excluding carboxylic acids is 1. The Bertz CT molecular complexity index is 1760. The van der Waals surface area contributed by atoms with Crippen LogP contribution in [0.3, 0.4) is 0 Å². The fourth-order valence-corrected chi connectivity index (χ4v) is 7.65. The number of anilines is 1. The van der Waals surface area contributed by atoms with E-state index in [0.29, 0.717) is 35.8 Å². The fourth-order valence-electron chi connectivity index (χ4n) is 7.65. The van der Waals surface area contributed by atoms with E-state index in [9.17, 15) is 4.79 Å². The third-order valence-corrected chi connectivity index (χ3v) is 9.98. The molecule has 0 bridgehead atoms. The van der Waals surface area contributed by atoms with Crippen molar-refractivity contribution in [3.8, 4) is 22.6 Å². The number of aromatic nitrogens is 3. The van der Waals surface area contributed by atoms with Gasteiger partial charge in [-0.05, 0) is 74.4 Å². The van der Waals surface area contributed by atoms with E-state index in [1.54, 1.807) is 6.07 Å². The Morgan fingerprint density at radius 2 is 1.70 bits per heavy atom. The van der Waals surface area contributed by atoms with E-state index < -0.39 is 10.8 Å². The lowest BCUT2D eigenvalue weighted by molar-refractivity contribution is -0.131. The van der Waals surface area contributed by atoms with Gasteiger partial charge in [-0.25, -0.2) is 14.4 Å². The first-order valence-electron chi connectivity index (χ1n) is 15.3. The van der Waals surface area contributed by atoms with Gasteiger partial charge in [0.15, 0.2) is 11.6 Å². The van der Waals surface area contributed by atoms with E-state index in [-0.39, 0.29) is 17.5 Å². The first-order chi connectivity index (χ1) is 20.7. The van der Waals surface area contributed by atoms with Gasteiger partial charge >= 0.3 is 0 Å². The molecule has 0 aliphatic heterocycles. The Kier molecular flexibility index (Phi) is 6.57. The molecule has 7 rings (SSSR count). The smallest absolute Gasteiger partial charge is 0.166 e. The van der Waals surface area contributed by atoms with Gasteiger partial charge in [0, 0.05) is 69.8 Å². The molecule has 0 N–H and O–H groups in total. The number of benzene rings is 2. The van der Waals surface area contributed by atoms with Crippen molar-refractivity contribution in [2.45, 2.75) is 64.2 Å². The number of allylic oxidation sites excluding steroid dienone is 1. The SMILES string of the molecule is CN(/C=C1/C[C@@]2(C)c3nc(-c4ccnc(C5CC5)c4)nc(-c4ccccc4F)c3CC[C@@H]2C(C)(C)C1=O)c1ccccc1. The molecule has 3 aliphatic rings. The summed E-state index contributed by atoms with van der Waals surface area (Å²) in [6.45, 7) is 6.43. The molecule has 0 spiro atoms. The number of fused-ring (bicyclic) bond motifs is 3. The topological polar surface area (TPSA) is 59.0 Å². The van der Waals surface area contributed by atoms with Crippen LogP contribution in [0.1, 0.15) is 69.3 Å². The quantitative estimate of drug-likeness (QED) is 0.226. The van der Waals surface area contributed by atoms with Crippen molar-refractivity contribution >= 4 is 11.5 Å². The molecule has 2 atom stereocenters. The third-order valence-electron chi connectivity index (χ3n) is 9.98. The highest BCUT2D eigenvalue weighted by Crippen LogP contribution is 2.57. The van der Waals surface area contributed by atoms with Gasteiger partial charge in [-0.15, -0.1) is 0 Å². The van der Waals surface area contributed by atoms with Crippen LogP contribution >= 0.6 is 0 Å². The monoisotopic (exact) mass is 572 g/mol. The van der Waals surface area contributed by atoms with Crippen LogP contribution in [-0.4, -0.2) is 27.8 Å². The standard InChI is InChI=1S/C37H37FN4O/c1-36(2)31-17-16-28-32(27-12-8-9-13-29(27)38)40-35(24-18-19-39-30(20-24)23-14-15-23)41-33(28)37(31,3)21-25(34(36)43)22-42(4)26-10-6-5-7-11-26/h5-13,18-20,22-23,31H,14-17,21H2,1-4H3/b25-22-/t31-,37-/m1/s1. The summed E-state index contributed by atoms with van der Waals surface area (Å²) in [4.78, 5) is 31.1. The molecule has 0 radical (unpaired) electrons. The number of nitrogens with zero attached hydrogens (tertiary/aromatic N) is 4. The van der Waals surface area contributed by atoms with Crippen molar-refractivity contribution in [2.75, 3.05) is 11.9 Å². The van der Waals surface area contributed by atoms with Gasteiger partial charge in [-0.1, -0.05) is 51.1 Å². The molecule has 0 amide bonds. The maximum atomic E-state index is 15.4. The lowest BCUT2D eigenvalue weighted by Crippen LogP contribution is -2.54. The molecule has 2 heterocycles. The maximum Gasteiger partial charge on any atom is 0.166 e. The van der Waals surface area contributed by atoms with Crippen LogP contribution in [0.2, 0.25) is 0 Å². The normalized spacial score (nSPS) is 23.5. The number of carbonyl (C=O) groups is 1. The summed E-state index contributed by atoms with van der Waals surface area (Å²) in [5.74, 6) is 1.05. The molecule has 2 aromatic carbocycles. The van der Waals surface area contributed by atoms with Crippen LogP contribution in [0, 0.1) is 17.2 Å². The van der Waals surface area contributed by atoms with Crippen molar-refractivity contribution in [2.24, 2.45) is 11.3 Å². The number of pyridine rings is 1. The average molecular weight is 573 g/mol. The van der Waals surface area contributed by atoms with Gasteiger partial charge in [0.05, 0.1) is 11.4 Å². The Balaban J connectivity index is 1.42. The van der Waals surface area contributed by atoms with Crippen molar-refractivity contribution in [3.05, 3.63) is 107 Å². The van der Waals surface area contributed by atoms with Crippen LogP contribution in [-0.2, 0) is 16.6 Å². The first kappa shape index (κ1) is 27.6. The zero-order chi connectivity index (χ0) is 29.9. The molecule has 0 unspecified atom stereocenters. The summed E-state index contributed by atoms with van der Waals surface area (Å²) in [5, 5.41) is 0. The highest BCUT2D eigenvalue weighted by Gasteiger charge is 2.56. The summed E-state index contributed by atoms with van der Waals surface area (Å²) in [5.41, 5.74) is 5.81. The second-order valence-corrected chi connectivity index (χ2v) is 13.3. The predicted molar refractivity (Wildman–Crippen MR) is 168 cm³/mol. The Labute approximate surface area is 252 Å². The average Bonchev–Trinajstić information content (AvgIpc) is 3.86. The van der Waals surface area contributed by atoms with Gasteiger partial charge < -0.3 is 4.90 Å². The molecule has 4 aromatic rings. The van der Waals surface area contributed by atoms with Gasteiger partial charge in [-0.2, -0.15) is 0 Å². The summed E-state index contributed by atoms with van der Waals surface area (Å²) in [7, 11) is 1.99. The maximum absolute atomic E-state index is 15.4. The summed E-state index contributed by atoms with van der Waals surface area (Å²) < 4.78 is 15.4. The fraction of sp³-hybridized carbons (Fsp3) is 0.351. The number of hydrogen-bond acceptors (Lipinski definition) is 5. The Morgan fingerprint density at radius 3 is 2.44 bits per heavy atom. The van der Waals surface area contributed by atoms with Gasteiger partial charge in [0.2, 0.25) is 0 Å².